The van der Waals surface area contributed by atoms with Crippen LogP contribution in [0.2, 0.25) is 0 Å². The molecule has 1 heterocycles. The maximum atomic E-state index is 11.4. The van der Waals surface area contributed by atoms with E-state index >= 15 is 0 Å². The lowest BCUT2D eigenvalue weighted by atomic mass is 9.79. The van der Waals surface area contributed by atoms with Crippen molar-refractivity contribution in [1.29, 1.82) is 0 Å². The molecule has 0 aliphatic heterocycles. The van der Waals surface area contributed by atoms with Gasteiger partial charge in [0.05, 0.1) is 11.3 Å². The van der Waals surface area contributed by atoms with Gasteiger partial charge < -0.3 is 9.52 Å². The van der Waals surface area contributed by atoms with Crippen LogP contribution >= 0.6 is 0 Å². The molecule has 0 radical (unpaired) electrons. The first-order valence-electron chi connectivity index (χ1n) is 19.5. The molecular formula is C51H54N2O2. The van der Waals surface area contributed by atoms with Crippen LogP contribution in [0.3, 0.4) is 0 Å². The summed E-state index contributed by atoms with van der Waals surface area (Å²) in [6.45, 7) is 24.1. The van der Waals surface area contributed by atoms with E-state index in [1.807, 2.05) is 30.3 Å². The number of hydrogen-bond acceptors (Lipinski definition) is 4. The first-order valence-corrected chi connectivity index (χ1v) is 19.5. The number of phenols is 1. The SMILES string of the molecule is CC(C)c1ccc(-c2ccc3cc(-c4cc(C(C)(C)C)cc5oc(-c6ccccc6N=Cc6cc(C(C)(C)C)cc(C(C)(C)C)c6O)nc45)ccc3c2)cc1. The van der Waals surface area contributed by atoms with Crippen molar-refractivity contribution in [1.82, 2.24) is 4.98 Å². The van der Waals surface area contributed by atoms with Crippen molar-refractivity contribution in [3.63, 3.8) is 0 Å². The number of aliphatic imine (C=N–C) groups is 1. The number of oxazole rings is 1. The predicted molar refractivity (Wildman–Crippen MR) is 233 cm³/mol. The van der Waals surface area contributed by atoms with Crippen LogP contribution in [0, 0.1) is 0 Å². The fourth-order valence-electron chi connectivity index (χ4n) is 7.12. The lowest BCUT2D eigenvalue weighted by Gasteiger charge is -2.27. The van der Waals surface area contributed by atoms with E-state index in [1.165, 1.54) is 33.0 Å². The van der Waals surface area contributed by atoms with Gasteiger partial charge in [-0.2, -0.15) is 0 Å². The van der Waals surface area contributed by atoms with Crippen LogP contribution in [0.15, 0.2) is 119 Å². The second-order valence-corrected chi connectivity index (χ2v) is 18.4. The Morgan fingerprint density at radius 3 is 1.85 bits per heavy atom. The van der Waals surface area contributed by atoms with Gasteiger partial charge in [0.15, 0.2) is 5.58 Å². The monoisotopic (exact) mass is 726 g/mol. The van der Waals surface area contributed by atoms with Crippen LogP contribution in [0.4, 0.5) is 5.69 Å². The second-order valence-electron chi connectivity index (χ2n) is 18.4. The van der Waals surface area contributed by atoms with E-state index in [-0.39, 0.29) is 22.0 Å². The Bertz CT molecular complexity index is 2570. The highest BCUT2D eigenvalue weighted by molar-refractivity contribution is 5.98. The first kappa shape index (κ1) is 37.8. The molecule has 0 unspecified atom stereocenters. The number of hydrogen-bond donors (Lipinski definition) is 1. The summed E-state index contributed by atoms with van der Waals surface area (Å²) in [6.07, 6.45) is 1.77. The summed E-state index contributed by atoms with van der Waals surface area (Å²) < 4.78 is 6.64. The zero-order valence-corrected chi connectivity index (χ0v) is 34.3. The van der Waals surface area contributed by atoms with Crippen molar-refractivity contribution in [2.75, 3.05) is 0 Å². The van der Waals surface area contributed by atoms with Crippen LogP contribution in [0.25, 0.3) is 55.6 Å². The van der Waals surface area contributed by atoms with Crippen molar-refractivity contribution < 1.29 is 9.52 Å². The summed E-state index contributed by atoms with van der Waals surface area (Å²) in [5, 5.41) is 13.8. The quantitative estimate of drug-likeness (QED) is 0.174. The molecule has 0 amide bonds. The maximum absolute atomic E-state index is 11.4. The van der Waals surface area contributed by atoms with Gasteiger partial charge in [0.2, 0.25) is 5.89 Å². The molecule has 55 heavy (non-hydrogen) atoms. The van der Waals surface area contributed by atoms with Gasteiger partial charge in [0, 0.05) is 22.9 Å². The fraction of sp³-hybridized carbons (Fsp3) is 0.294. The van der Waals surface area contributed by atoms with E-state index in [2.05, 4.69) is 155 Å². The molecule has 4 nitrogen and oxygen atoms in total. The highest BCUT2D eigenvalue weighted by Crippen LogP contribution is 2.41. The minimum Gasteiger partial charge on any atom is -0.507 e. The van der Waals surface area contributed by atoms with Gasteiger partial charge in [-0.3, -0.25) is 4.99 Å². The maximum Gasteiger partial charge on any atom is 0.229 e. The molecule has 0 aliphatic rings. The summed E-state index contributed by atoms with van der Waals surface area (Å²) in [5.74, 6) is 1.28. The van der Waals surface area contributed by atoms with Crippen LogP contribution in [-0.4, -0.2) is 16.3 Å². The van der Waals surface area contributed by atoms with Gasteiger partial charge in [0.1, 0.15) is 11.3 Å². The van der Waals surface area contributed by atoms with Crippen LogP contribution in [0.5, 0.6) is 5.75 Å². The normalized spacial score (nSPS) is 12.8. The highest BCUT2D eigenvalue weighted by Gasteiger charge is 2.25. The molecule has 6 aromatic carbocycles. The highest BCUT2D eigenvalue weighted by atomic mass is 16.3. The van der Waals surface area contributed by atoms with Gasteiger partial charge in [-0.1, -0.05) is 143 Å². The second kappa shape index (κ2) is 14.0. The average Bonchev–Trinajstić information content (AvgIpc) is 3.57. The van der Waals surface area contributed by atoms with Crippen molar-refractivity contribution in [2.24, 2.45) is 4.99 Å². The van der Waals surface area contributed by atoms with E-state index in [4.69, 9.17) is 14.4 Å². The lowest BCUT2D eigenvalue weighted by Crippen LogP contribution is -2.17. The molecule has 7 rings (SSSR count). The molecule has 0 atom stereocenters. The lowest BCUT2D eigenvalue weighted by molar-refractivity contribution is 0.444. The van der Waals surface area contributed by atoms with Gasteiger partial charge in [-0.25, -0.2) is 4.98 Å². The molecule has 1 N–H and O–H groups in total. The first-order chi connectivity index (χ1) is 25.9. The molecule has 0 saturated carbocycles. The Kier molecular flexibility index (Phi) is 9.62. The number of rotatable bonds is 6. The Morgan fingerprint density at radius 2 is 1.22 bits per heavy atom. The van der Waals surface area contributed by atoms with Crippen LogP contribution in [0.1, 0.15) is 110 Å². The largest absolute Gasteiger partial charge is 0.507 e. The van der Waals surface area contributed by atoms with Crippen molar-refractivity contribution >= 4 is 33.8 Å². The third kappa shape index (κ3) is 7.73. The number of aromatic nitrogens is 1. The molecule has 0 saturated heterocycles. The molecule has 4 heteroatoms. The third-order valence-corrected chi connectivity index (χ3v) is 10.7. The minimum absolute atomic E-state index is 0.0932. The molecule has 7 aromatic rings. The molecule has 0 aliphatic carbocycles. The Hall–Kier alpha value is -5.48. The van der Waals surface area contributed by atoms with E-state index in [0.717, 1.165) is 38.9 Å². The molecule has 0 bridgehead atoms. The summed E-state index contributed by atoms with van der Waals surface area (Å²) in [7, 11) is 0. The Balaban J connectivity index is 1.30. The molecule has 280 valence electrons. The van der Waals surface area contributed by atoms with Gasteiger partial charge in [-0.05, 0) is 109 Å². The average molecular weight is 727 g/mol. The zero-order chi connectivity index (χ0) is 39.4. The van der Waals surface area contributed by atoms with Crippen LogP contribution < -0.4 is 0 Å². The summed E-state index contributed by atoms with van der Waals surface area (Å²) >= 11 is 0. The number of para-hydroxylation sites is 1. The van der Waals surface area contributed by atoms with E-state index in [9.17, 15) is 5.11 Å². The standard InChI is InChI=1S/C51H54N2O2/c1-31(2)32-16-18-33(19-17-32)34-20-21-36-25-37(23-22-35(36)24-34)42-27-40(50(6,7)8)29-45-46(42)53-48(55-45)41-14-12-13-15-44(41)52-30-38-26-39(49(3,4)5)28-43(47(38)54)51(9,10)11/h12-31,54H,1-11H3. The van der Waals surface area contributed by atoms with Gasteiger partial charge >= 0.3 is 0 Å². The summed E-state index contributed by atoms with van der Waals surface area (Å²) in [5.41, 5.74) is 12.4. The number of benzene rings is 6. The van der Waals surface area contributed by atoms with Crippen molar-refractivity contribution in [3.05, 3.63) is 137 Å². The van der Waals surface area contributed by atoms with Gasteiger partial charge in [-0.15, -0.1) is 0 Å². The molecule has 1 aromatic heterocycles. The van der Waals surface area contributed by atoms with E-state index < -0.39 is 0 Å². The minimum atomic E-state index is -0.234. The summed E-state index contributed by atoms with van der Waals surface area (Å²) in [6, 6.07) is 38.8. The Morgan fingerprint density at radius 1 is 0.618 bits per heavy atom. The third-order valence-electron chi connectivity index (χ3n) is 10.7. The number of nitrogens with zero attached hydrogens (tertiary/aromatic N) is 2. The van der Waals surface area contributed by atoms with E-state index in [0.29, 0.717) is 23.1 Å². The summed E-state index contributed by atoms with van der Waals surface area (Å²) in [4.78, 5) is 10.1. The van der Waals surface area contributed by atoms with Crippen molar-refractivity contribution in [3.8, 4) is 39.5 Å². The topological polar surface area (TPSA) is 58.6 Å². The zero-order valence-electron chi connectivity index (χ0n) is 34.3. The van der Waals surface area contributed by atoms with Crippen molar-refractivity contribution in [2.45, 2.75) is 98.3 Å². The van der Waals surface area contributed by atoms with Gasteiger partial charge in [0.25, 0.3) is 0 Å². The fourth-order valence-corrected chi connectivity index (χ4v) is 7.12. The number of aromatic hydroxyl groups is 1. The smallest absolute Gasteiger partial charge is 0.229 e. The molecular weight excluding hydrogens is 673 g/mol. The molecule has 0 spiro atoms. The predicted octanol–water partition coefficient (Wildman–Crippen LogP) is 14.5. The van der Waals surface area contributed by atoms with Crippen LogP contribution in [-0.2, 0) is 16.2 Å². The Labute approximate surface area is 327 Å². The van der Waals surface area contributed by atoms with E-state index in [1.54, 1.807) is 6.21 Å². The number of phenolic OH excluding ortho intramolecular Hbond substituents is 1. The number of fused-ring (bicyclic) bond motifs is 2. The molecule has 0 fully saturated rings.